The van der Waals surface area contributed by atoms with Gasteiger partial charge in [0.25, 0.3) is 0 Å². The van der Waals surface area contributed by atoms with Gasteiger partial charge in [0.2, 0.25) is 5.91 Å². The number of carboxylic acid groups (broad SMARTS) is 1. The van der Waals surface area contributed by atoms with Gasteiger partial charge >= 0.3 is 5.97 Å². The lowest BCUT2D eigenvalue weighted by Gasteiger charge is -2.15. The molecule has 1 amide bonds. The zero-order chi connectivity index (χ0) is 15.8. The zero-order valence-electron chi connectivity index (χ0n) is 12.7. The molecule has 0 spiro atoms. The summed E-state index contributed by atoms with van der Waals surface area (Å²) in [5.74, 6) is -1.46. The van der Waals surface area contributed by atoms with Gasteiger partial charge in [-0.05, 0) is 30.0 Å². The lowest BCUT2D eigenvalue weighted by atomic mass is 10.1. The summed E-state index contributed by atoms with van der Waals surface area (Å²) in [6.07, 6.45) is 0. The van der Waals surface area contributed by atoms with Crippen LogP contribution in [0.3, 0.4) is 0 Å². The normalized spacial score (nSPS) is 24.0. The summed E-state index contributed by atoms with van der Waals surface area (Å²) < 4.78 is 5.16. The number of carboxylic acids is 1. The third-order valence-electron chi connectivity index (χ3n) is 4.33. The fraction of sp³-hybridized carbons (Fsp3) is 0.500. The molecule has 5 nitrogen and oxygen atoms in total. The van der Waals surface area contributed by atoms with Crippen molar-refractivity contribution in [2.45, 2.75) is 26.8 Å². The Morgan fingerprint density at radius 2 is 2.00 bits per heavy atom. The molecule has 0 heterocycles. The lowest BCUT2D eigenvalue weighted by molar-refractivity contribution is -0.140. The molecule has 5 heteroatoms. The number of nitrogens with one attached hydrogen (secondary N) is 1. The molecule has 114 valence electrons. The number of rotatable bonds is 5. The van der Waals surface area contributed by atoms with E-state index in [1.807, 2.05) is 45.0 Å². The van der Waals surface area contributed by atoms with E-state index in [9.17, 15) is 9.59 Å². The summed E-state index contributed by atoms with van der Waals surface area (Å²) in [6, 6.07) is 7.26. The molecule has 1 aromatic rings. The third-order valence-corrected chi connectivity index (χ3v) is 4.33. The average molecular weight is 291 g/mol. The first-order chi connectivity index (χ1) is 9.78. The average Bonchev–Trinajstić information content (AvgIpc) is 3.02. The Labute approximate surface area is 124 Å². The van der Waals surface area contributed by atoms with E-state index in [-0.39, 0.29) is 11.9 Å². The van der Waals surface area contributed by atoms with Crippen LogP contribution in [0.4, 0.5) is 0 Å². The highest BCUT2D eigenvalue weighted by Gasteiger charge is 2.65. The van der Waals surface area contributed by atoms with Crippen molar-refractivity contribution in [2.75, 3.05) is 7.11 Å². The highest BCUT2D eigenvalue weighted by Crippen LogP contribution is 2.58. The zero-order valence-corrected chi connectivity index (χ0v) is 12.7. The maximum atomic E-state index is 12.3. The minimum absolute atomic E-state index is 0.196. The van der Waals surface area contributed by atoms with Gasteiger partial charge in [-0.15, -0.1) is 0 Å². The Bertz CT molecular complexity index is 567. The molecule has 1 fully saturated rings. The third kappa shape index (κ3) is 2.86. The number of ether oxygens (including phenoxy) is 1. The minimum atomic E-state index is -0.908. The number of aliphatic carboxylic acids is 1. The maximum absolute atomic E-state index is 12.3. The molecule has 0 bridgehead atoms. The van der Waals surface area contributed by atoms with E-state index in [4.69, 9.17) is 9.84 Å². The quantitative estimate of drug-likeness (QED) is 0.872. The van der Waals surface area contributed by atoms with Gasteiger partial charge < -0.3 is 15.2 Å². The molecule has 1 saturated carbocycles. The van der Waals surface area contributed by atoms with E-state index in [1.54, 1.807) is 7.11 Å². The second-order valence-corrected chi connectivity index (χ2v) is 6.12. The lowest BCUT2D eigenvalue weighted by Crippen LogP contribution is -2.30. The fourth-order valence-corrected chi connectivity index (χ4v) is 2.89. The fourth-order valence-electron chi connectivity index (χ4n) is 2.89. The van der Waals surface area contributed by atoms with Crippen LogP contribution in [0.1, 0.15) is 32.4 Å². The molecule has 0 radical (unpaired) electrons. The molecule has 0 aliphatic heterocycles. The number of carbonyl (C=O) groups excluding carboxylic acids is 1. The van der Waals surface area contributed by atoms with Crippen LogP contribution in [-0.2, 0) is 9.59 Å². The van der Waals surface area contributed by atoms with E-state index in [0.29, 0.717) is 0 Å². The summed E-state index contributed by atoms with van der Waals surface area (Å²) in [6.45, 7) is 5.50. The predicted molar refractivity (Wildman–Crippen MR) is 77.9 cm³/mol. The predicted octanol–water partition coefficient (Wildman–Crippen LogP) is 2.23. The first kappa shape index (κ1) is 15.4. The van der Waals surface area contributed by atoms with Crippen LogP contribution < -0.4 is 10.1 Å². The molecule has 1 aliphatic carbocycles. The number of hydrogen-bond acceptors (Lipinski definition) is 3. The summed E-state index contributed by atoms with van der Waals surface area (Å²) >= 11 is 0. The highest BCUT2D eigenvalue weighted by atomic mass is 16.5. The van der Waals surface area contributed by atoms with E-state index in [2.05, 4.69) is 5.32 Å². The van der Waals surface area contributed by atoms with E-state index in [0.717, 1.165) is 11.3 Å². The van der Waals surface area contributed by atoms with Crippen LogP contribution in [0.25, 0.3) is 0 Å². The van der Waals surface area contributed by atoms with Crippen molar-refractivity contribution in [2.24, 2.45) is 17.3 Å². The van der Waals surface area contributed by atoms with Crippen molar-refractivity contribution in [3.05, 3.63) is 29.8 Å². The first-order valence-electron chi connectivity index (χ1n) is 6.96. The van der Waals surface area contributed by atoms with E-state index >= 15 is 0 Å². The smallest absolute Gasteiger partial charge is 0.307 e. The Morgan fingerprint density at radius 3 is 2.52 bits per heavy atom. The molecular formula is C16H21NO4. The summed E-state index contributed by atoms with van der Waals surface area (Å²) in [4.78, 5) is 23.4. The molecule has 3 atom stereocenters. The molecule has 2 unspecified atom stereocenters. The standard InChI is InChI=1S/C16H21NO4/c1-9(10-6-5-7-11(8-10)21-4)17-14(18)12-13(15(19)20)16(12,2)3/h5-9,12-13H,1-4H3,(H,17,18)(H,19,20)/t9-,12?,13?/m0/s1. The van der Waals surface area contributed by atoms with Gasteiger partial charge in [-0.2, -0.15) is 0 Å². The summed E-state index contributed by atoms with van der Waals surface area (Å²) in [5, 5.41) is 12.0. The minimum Gasteiger partial charge on any atom is -0.497 e. The van der Waals surface area contributed by atoms with Gasteiger partial charge in [0.15, 0.2) is 0 Å². The van der Waals surface area contributed by atoms with Crippen molar-refractivity contribution in [1.29, 1.82) is 0 Å². The maximum Gasteiger partial charge on any atom is 0.307 e. The number of methoxy groups -OCH3 is 1. The number of benzene rings is 1. The van der Waals surface area contributed by atoms with Crippen molar-refractivity contribution >= 4 is 11.9 Å². The van der Waals surface area contributed by atoms with Crippen LogP contribution in [0, 0.1) is 17.3 Å². The van der Waals surface area contributed by atoms with Gasteiger partial charge in [0, 0.05) is 0 Å². The summed E-state index contributed by atoms with van der Waals surface area (Å²) in [7, 11) is 1.59. The van der Waals surface area contributed by atoms with Crippen LogP contribution in [0.15, 0.2) is 24.3 Å². The second-order valence-electron chi connectivity index (χ2n) is 6.12. The molecule has 0 saturated heterocycles. The Hall–Kier alpha value is -2.04. The summed E-state index contributed by atoms with van der Waals surface area (Å²) in [5.41, 5.74) is 0.442. The Kier molecular flexibility index (Phi) is 3.94. The van der Waals surface area contributed by atoms with Gasteiger partial charge in [-0.1, -0.05) is 26.0 Å². The SMILES string of the molecule is COc1cccc([C@H](C)NC(=O)C2C(C(=O)O)C2(C)C)c1. The largest absolute Gasteiger partial charge is 0.497 e. The Morgan fingerprint density at radius 1 is 1.33 bits per heavy atom. The number of carbonyl (C=O) groups is 2. The molecular weight excluding hydrogens is 270 g/mol. The van der Waals surface area contributed by atoms with Crippen LogP contribution in [-0.4, -0.2) is 24.1 Å². The molecule has 21 heavy (non-hydrogen) atoms. The van der Waals surface area contributed by atoms with Crippen molar-refractivity contribution in [1.82, 2.24) is 5.32 Å². The monoisotopic (exact) mass is 291 g/mol. The van der Waals surface area contributed by atoms with Crippen molar-refractivity contribution in [3.63, 3.8) is 0 Å². The van der Waals surface area contributed by atoms with Gasteiger partial charge in [0.1, 0.15) is 5.75 Å². The number of amides is 1. The van der Waals surface area contributed by atoms with E-state index in [1.165, 1.54) is 0 Å². The first-order valence-corrected chi connectivity index (χ1v) is 6.96. The molecule has 1 aromatic carbocycles. The van der Waals surface area contributed by atoms with Crippen molar-refractivity contribution < 1.29 is 19.4 Å². The Balaban J connectivity index is 2.05. The van der Waals surface area contributed by atoms with Crippen LogP contribution in [0.5, 0.6) is 5.75 Å². The van der Waals surface area contributed by atoms with Gasteiger partial charge in [-0.25, -0.2) is 0 Å². The second kappa shape index (κ2) is 5.39. The molecule has 0 aromatic heterocycles. The van der Waals surface area contributed by atoms with Crippen LogP contribution in [0.2, 0.25) is 0 Å². The van der Waals surface area contributed by atoms with Gasteiger partial charge in [-0.3, -0.25) is 9.59 Å². The van der Waals surface area contributed by atoms with Crippen molar-refractivity contribution in [3.8, 4) is 5.75 Å². The number of hydrogen-bond donors (Lipinski definition) is 2. The van der Waals surface area contributed by atoms with Gasteiger partial charge in [0.05, 0.1) is 25.0 Å². The topological polar surface area (TPSA) is 75.6 Å². The highest BCUT2D eigenvalue weighted by molar-refractivity contribution is 5.91. The van der Waals surface area contributed by atoms with Crippen LogP contribution >= 0.6 is 0 Å². The molecule has 2 N–H and O–H groups in total. The molecule has 1 aliphatic rings. The molecule has 2 rings (SSSR count). The van der Waals surface area contributed by atoms with E-state index < -0.39 is 23.2 Å².